The average molecular weight is 436 g/mol. The molecule has 1 aromatic heterocycles. The molecule has 4 aromatic rings. The number of hydrogen-bond donors (Lipinski definition) is 0. The zero-order valence-corrected chi connectivity index (χ0v) is 20.3. The second-order valence-electron chi connectivity index (χ2n) is 9.76. The summed E-state index contributed by atoms with van der Waals surface area (Å²) in [7, 11) is 0. The smallest absolute Gasteiger partial charge is 0.201 e. The zero-order chi connectivity index (χ0) is 23.4. The maximum Gasteiger partial charge on any atom is 0.254 e. The fourth-order valence-corrected chi connectivity index (χ4v) is 4.30. The van der Waals surface area contributed by atoms with Crippen LogP contribution in [-0.2, 0) is 12.8 Å². The van der Waals surface area contributed by atoms with Crippen LogP contribution in [0.1, 0.15) is 44.4 Å². The van der Waals surface area contributed by atoms with Gasteiger partial charge < -0.3 is 0 Å². The molecule has 0 aliphatic rings. The lowest BCUT2D eigenvalue weighted by Crippen LogP contribution is -2.27. The Kier molecular flexibility index (Phi) is 6.93. The van der Waals surface area contributed by atoms with Crippen molar-refractivity contribution in [2.75, 3.05) is 0 Å². The van der Waals surface area contributed by atoms with Crippen LogP contribution in [0.5, 0.6) is 0 Å². The standard InChI is InChI=1S/C31H35N2/c1-6-25-7-13-28(14-8-25)31-21-32(29-15-9-26(10-16-29)19-23(2)3)22-33(31)30-17-11-27(12-18-30)20-24(4)5/h6-18,21-24H,1,19-20H2,2-5H3/q+1. The molecule has 4 rings (SSSR count). The van der Waals surface area contributed by atoms with Gasteiger partial charge in [-0.1, -0.05) is 76.7 Å². The van der Waals surface area contributed by atoms with Crippen LogP contribution in [0.4, 0.5) is 0 Å². The number of nitrogens with zero attached hydrogens (tertiary/aromatic N) is 2. The van der Waals surface area contributed by atoms with Crippen molar-refractivity contribution in [3.8, 4) is 22.6 Å². The van der Waals surface area contributed by atoms with E-state index in [9.17, 15) is 0 Å². The molecule has 2 nitrogen and oxygen atoms in total. The van der Waals surface area contributed by atoms with Crippen molar-refractivity contribution < 1.29 is 4.57 Å². The van der Waals surface area contributed by atoms with E-state index in [1.54, 1.807) is 0 Å². The predicted octanol–water partition coefficient (Wildman–Crippen LogP) is 7.46. The maximum absolute atomic E-state index is 3.89. The average Bonchev–Trinajstić information content (AvgIpc) is 3.25. The molecule has 3 aromatic carbocycles. The fraction of sp³-hybridized carbons (Fsp3) is 0.258. The quantitative estimate of drug-likeness (QED) is 0.254. The van der Waals surface area contributed by atoms with E-state index in [0.29, 0.717) is 11.8 Å². The highest BCUT2D eigenvalue weighted by Crippen LogP contribution is 2.24. The highest BCUT2D eigenvalue weighted by Gasteiger charge is 2.19. The van der Waals surface area contributed by atoms with Gasteiger partial charge in [0.25, 0.3) is 6.33 Å². The summed E-state index contributed by atoms with van der Waals surface area (Å²) in [5, 5.41) is 0. The minimum absolute atomic E-state index is 0.655. The molecule has 0 bridgehead atoms. The lowest BCUT2D eigenvalue weighted by atomic mass is 10.0. The predicted molar refractivity (Wildman–Crippen MR) is 140 cm³/mol. The van der Waals surface area contributed by atoms with Crippen LogP contribution < -0.4 is 4.57 Å². The summed E-state index contributed by atoms with van der Waals surface area (Å²) in [5.41, 5.74) is 8.57. The Morgan fingerprint density at radius 2 is 1.30 bits per heavy atom. The Labute approximate surface area is 198 Å². The fourth-order valence-electron chi connectivity index (χ4n) is 4.30. The lowest BCUT2D eigenvalue weighted by Gasteiger charge is -2.06. The van der Waals surface area contributed by atoms with Crippen LogP contribution >= 0.6 is 0 Å². The van der Waals surface area contributed by atoms with E-state index in [0.717, 1.165) is 24.1 Å². The summed E-state index contributed by atoms with van der Waals surface area (Å²) >= 11 is 0. The van der Waals surface area contributed by atoms with Crippen LogP contribution in [0.2, 0.25) is 0 Å². The third-order valence-corrected chi connectivity index (χ3v) is 5.94. The minimum Gasteiger partial charge on any atom is -0.201 e. The van der Waals surface area contributed by atoms with Gasteiger partial charge >= 0.3 is 0 Å². The monoisotopic (exact) mass is 435 g/mol. The molecule has 0 amide bonds. The van der Waals surface area contributed by atoms with Crippen molar-refractivity contribution in [3.05, 3.63) is 109 Å². The van der Waals surface area contributed by atoms with Gasteiger partial charge in [-0.05, 0) is 77.8 Å². The summed E-state index contributed by atoms with van der Waals surface area (Å²) < 4.78 is 4.50. The molecule has 33 heavy (non-hydrogen) atoms. The van der Waals surface area contributed by atoms with E-state index in [1.165, 1.54) is 28.1 Å². The molecule has 1 heterocycles. The van der Waals surface area contributed by atoms with E-state index in [-0.39, 0.29) is 0 Å². The van der Waals surface area contributed by atoms with Gasteiger partial charge in [0.15, 0.2) is 5.69 Å². The summed E-state index contributed by atoms with van der Waals surface area (Å²) in [4.78, 5) is 0. The van der Waals surface area contributed by atoms with Crippen LogP contribution in [0.15, 0.2) is 91.9 Å². The first-order chi connectivity index (χ1) is 15.9. The molecule has 0 saturated carbocycles. The Morgan fingerprint density at radius 3 is 1.82 bits per heavy atom. The molecule has 0 spiro atoms. The Balaban J connectivity index is 1.75. The summed E-state index contributed by atoms with van der Waals surface area (Å²) in [6.07, 6.45) is 8.50. The number of hydrogen-bond acceptors (Lipinski definition) is 0. The van der Waals surface area contributed by atoms with Gasteiger partial charge in [0.1, 0.15) is 17.6 Å². The van der Waals surface area contributed by atoms with Gasteiger partial charge in [-0.15, -0.1) is 0 Å². The third kappa shape index (κ3) is 5.51. The van der Waals surface area contributed by atoms with Gasteiger partial charge in [0.2, 0.25) is 0 Å². The van der Waals surface area contributed by atoms with Crippen LogP contribution in [0.25, 0.3) is 28.7 Å². The number of benzene rings is 3. The largest absolute Gasteiger partial charge is 0.254 e. The highest BCUT2D eigenvalue weighted by atomic mass is 15.1. The van der Waals surface area contributed by atoms with Gasteiger partial charge in [-0.3, -0.25) is 0 Å². The van der Waals surface area contributed by atoms with Crippen LogP contribution in [-0.4, -0.2) is 4.57 Å². The first-order valence-electron chi connectivity index (χ1n) is 12.0. The molecule has 0 N–H and O–H groups in total. The van der Waals surface area contributed by atoms with Gasteiger partial charge in [-0.25, -0.2) is 4.57 Å². The molecule has 0 unspecified atom stereocenters. The maximum atomic E-state index is 3.89. The third-order valence-electron chi connectivity index (χ3n) is 5.94. The van der Waals surface area contributed by atoms with Crippen molar-refractivity contribution >= 4 is 6.08 Å². The molecule has 0 radical (unpaired) electrons. The lowest BCUT2D eigenvalue weighted by molar-refractivity contribution is -0.594. The second kappa shape index (κ2) is 10.0. The topological polar surface area (TPSA) is 8.81 Å². The summed E-state index contributed by atoms with van der Waals surface area (Å²) in [6, 6.07) is 26.5. The van der Waals surface area contributed by atoms with Crippen LogP contribution in [0.3, 0.4) is 0 Å². The molecule has 0 aliphatic heterocycles. The van der Waals surface area contributed by atoms with Crippen molar-refractivity contribution in [2.45, 2.75) is 40.5 Å². The van der Waals surface area contributed by atoms with Crippen molar-refractivity contribution in [3.63, 3.8) is 0 Å². The molecule has 0 saturated heterocycles. The first-order valence-corrected chi connectivity index (χ1v) is 12.0. The highest BCUT2D eigenvalue weighted by molar-refractivity contribution is 5.63. The SMILES string of the molecule is C=Cc1ccc(-c2c[n+](-c3ccc(CC(C)C)cc3)cn2-c2ccc(CC(C)C)cc2)cc1. The Bertz CT molecular complexity index is 1190. The van der Waals surface area contributed by atoms with Crippen molar-refractivity contribution in [2.24, 2.45) is 11.8 Å². The molecule has 0 fully saturated rings. The molecule has 168 valence electrons. The van der Waals surface area contributed by atoms with E-state index >= 15 is 0 Å². The summed E-state index contributed by atoms with van der Waals surface area (Å²) in [6.45, 7) is 12.9. The van der Waals surface area contributed by atoms with Crippen LogP contribution in [0, 0.1) is 11.8 Å². The van der Waals surface area contributed by atoms with E-state index < -0.39 is 0 Å². The number of imidazole rings is 1. The minimum atomic E-state index is 0.655. The molecule has 2 heteroatoms. The zero-order valence-electron chi connectivity index (χ0n) is 20.3. The Morgan fingerprint density at radius 1 is 0.758 bits per heavy atom. The van der Waals surface area contributed by atoms with E-state index in [2.05, 4.69) is 129 Å². The van der Waals surface area contributed by atoms with Gasteiger partial charge in [-0.2, -0.15) is 4.57 Å². The Hall–Kier alpha value is -3.39. The van der Waals surface area contributed by atoms with Crippen molar-refractivity contribution in [1.82, 2.24) is 4.57 Å². The normalized spacial score (nSPS) is 11.3. The van der Waals surface area contributed by atoms with E-state index in [4.69, 9.17) is 0 Å². The summed E-state index contributed by atoms with van der Waals surface area (Å²) in [5.74, 6) is 1.32. The van der Waals surface area contributed by atoms with Gasteiger partial charge in [0, 0.05) is 5.56 Å². The number of aromatic nitrogens is 2. The molecular formula is C31H35N2+. The second-order valence-corrected chi connectivity index (χ2v) is 9.76. The number of rotatable bonds is 8. The molecular weight excluding hydrogens is 400 g/mol. The molecule has 0 aliphatic carbocycles. The molecule has 0 atom stereocenters. The first kappa shape index (κ1) is 22.8. The van der Waals surface area contributed by atoms with Gasteiger partial charge in [0.05, 0.1) is 0 Å². The van der Waals surface area contributed by atoms with Crippen molar-refractivity contribution in [1.29, 1.82) is 0 Å². The van der Waals surface area contributed by atoms with E-state index in [1.807, 2.05) is 6.08 Å².